The van der Waals surface area contributed by atoms with E-state index in [2.05, 4.69) is 10.6 Å². The molecule has 0 bridgehead atoms. The Kier molecular flexibility index (Phi) is 6.91. The van der Waals surface area contributed by atoms with Crippen molar-refractivity contribution in [3.63, 3.8) is 0 Å². The van der Waals surface area contributed by atoms with E-state index >= 15 is 0 Å². The monoisotopic (exact) mass is 455 g/mol. The van der Waals surface area contributed by atoms with Crippen molar-refractivity contribution >= 4 is 40.5 Å². The average molecular weight is 456 g/mol. The van der Waals surface area contributed by atoms with Gasteiger partial charge in [0.2, 0.25) is 11.7 Å². The number of methoxy groups -OCH3 is 1. The van der Waals surface area contributed by atoms with Crippen LogP contribution in [0.3, 0.4) is 0 Å². The van der Waals surface area contributed by atoms with E-state index in [0.717, 1.165) is 0 Å². The third-order valence-corrected chi connectivity index (χ3v) is 4.44. The molecule has 164 valence electrons. The first-order valence-corrected chi connectivity index (χ1v) is 9.63. The number of hydrogen-bond donors (Lipinski definition) is 2. The van der Waals surface area contributed by atoms with Crippen LogP contribution < -0.4 is 20.1 Å². The van der Waals surface area contributed by atoms with Crippen molar-refractivity contribution in [2.24, 2.45) is 0 Å². The first kappa shape index (κ1) is 22.6. The topological polar surface area (TPSA) is 120 Å². The van der Waals surface area contributed by atoms with Gasteiger partial charge in [0.25, 0.3) is 5.91 Å². The van der Waals surface area contributed by atoms with Crippen LogP contribution in [0.15, 0.2) is 60.7 Å². The molecule has 0 aliphatic carbocycles. The van der Waals surface area contributed by atoms with Crippen molar-refractivity contribution in [3.8, 4) is 17.2 Å². The zero-order chi connectivity index (χ0) is 23.3. The predicted octanol–water partition coefficient (Wildman–Crippen LogP) is 5.26. The zero-order valence-electron chi connectivity index (χ0n) is 17.0. The quantitative estimate of drug-likeness (QED) is 0.370. The molecular formula is C22H18ClN3O6. The van der Waals surface area contributed by atoms with E-state index in [1.54, 1.807) is 24.3 Å². The molecule has 0 saturated carbocycles. The van der Waals surface area contributed by atoms with Crippen molar-refractivity contribution in [1.82, 2.24) is 0 Å². The lowest BCUT2D eigenvalue weighted by Crippen LogP contribution is -2.13. The highest BCUT2D eigenvalue weighted by atomic mass is 35.5. The summed E-state index contributed by atoms with van der Waals surface area (Å²) < 4.78 is 11.0. The smallest absolute Gasteiger partial charge is 0.313 e. The fourth-order valence-corrected chi connectivity index (χ4v) is 2.98. The summed E-state index contributed by atoms with van der Waals surface area (Å²) in [4.78, 5) is 34.5. The molecule has 0 fully saturated rings. The second-order valence-electron chi connectivity index (χ2n) is 6.55. The van der Waals surface area contributed by atoms with E-state index in [1.165, 1.54) is 50.4 Å². The van der Waals surface area contributed by atoms with Crippen molar-refractivity contribution in [1.29, 1.82) is 0 Å². The minimum Gasteiger partial charge on any atom is -0.493 e. The SMILES string of the molecule is COc1cc(C(=O)Nc2cccc(NC(C)=O)c2)ccc1Oc1ccc(Cl)cc1[N+](=O)[O-]. The number of anilines is 2. The van der Waals surface area contributed by atoms with Gasteiger partial charge in [0.1, 0.15) is 0 Å². The van der Waals surface area contributed by atoms with Gasteiger partial charge in [-0.2, -0.15) is 0 Å². The Hall–Kier alpha value is -4.11. The molecule has 10 heteroatoms. The number of halogens is 1. The molecule has 0 radical (unpaired) electrons. The standard InChI is InChI=1S/C22H18ClN3O6/c1-13(27)24-16-4-3-5-17(12-16)25-22(28)14-6-8-20(21(10-14)31-2)32-19-9-7-15(23)11-18(19)26(29)30/h3-12H,1-2H3,(H,24,27)(H,25,28). The molecule has 0 saturated heterocycles. The second-order valence-corrected chi connectivity index (χ2v) is 6.99. The van der Waals surface area contributed by atoms with E-state index in [0.29, 0.717) is 11.4 Å². The van der Waals surface area contributed by atoms with E-state index < -0.39 is 10.8 Å². The second kappa shape index (κ2) is 9.80. The number of carbonyl (C=O) groups excluding carboxylic acids is 2. The molecule has 2 amide bonds. The number of nitrogens with one attached hydrogen (secondary N) is 2. The van der Waals surface area contributed by atoms with E-state index in [-0.39, 0.29) is 39.4 Å². The number of amides is 2. The Bertz CT molecular complexity index is 1200. The molecule has 0 unspecified atom stereocenters. The summed E-state index contributed by atoms with van der Waals surface area (Å²) in [5.41, 5.74) is 0.990. The number of nitrogens with zero attached hydrogens (tertiary/aromatic N) is 1. The Morgan fingerprint density at radius 3 is 2.28 bits per heavy atom. The summed E-state index contributed by atoms with van der Waals surface area (Å²) in [6, 6.07) is 15.1. The molecule has 3 aromatic carbocycles. The number of ether oxygens (including phenoxy) is 2. The maximum atomic E-state index is 12.7. The number of rotatable bonds is 7. The van der Waals surface area contributed by atoms with Gasteiger partial charge in [0, 0.05) is 35.0 Å². The Labute approximate surface area is 188 Å². The molecular weight excluding hydrogens is 438 g/mol. The van der Waals surface area contributed by atoms with Crippen LogP contribution in [0.4, 0.5) is 17.1 Å². The average Bonchev–Trinajstić information content (AvgIpc) is 2.74. The van der Waals surface area contributed by atoms with Gasteiger partial charge in [-0.15, -0.1) is 0 Å². The zero-order valence-corrected chi connectivity index (χ0v) is 17.8. The summed E-state index contributed by atoms with van der Waals surface area (Å²) in [7, 11) is 1.39. The maximum absolute atomic E-state index is 12.7. The molecule has 2 N–H and O–H groups in total. The highest BCUT2D eigenvalue weighted by Crippen LogP contribution is 2.38. The van der Waals surface area contributed by atoms with Crippen molar-refractivity contribution in [3.05, 3.63) is 81.4 Å². The molecule has 0 aliphatic rings. The lowest BCUT2D eigenvalue weighted by atomic mass is 10.1. The third-order valence-electron chi connectivity index (χ3n) is 4.20. The van der Waals surface area contributed by atoms with Crippen LogP contribution in [0.1, 0.15) is 17.3 Å². The molecule has 32 heavy (non-hydrogen) atoms. The van der Waals surface area contributed by atoms with E-state index in [4.69, 9.17) is 21.1 Å². The summed E-state index contributed by atoms with van der Waals surface area (Å²) in [6.45, 7) is 1.39. The van der Waals surface area contributed by atoms with Crippen molar-refractivity contribution < 1.29 is 24.0 Å². The largest absolute Gasteiger partial charge is 0.493 e. The van der Waals surface area contributed by atoms with Gasteiger partial charge in [0.05, 0.1) is 12.0 Å². The molecule has 0 heterocycles. The fraction of sp³-hybridized carbons (Fsp3) is 0.0909. The van der Waals surface area contributed by atoms with Crippen LogP contribution >= 0.6 is 11.6 Å². The summed E-state index contributed by atoms with van der Waals surface area (Å²) >= 11 is 5.83. The van der Waals surface area contributed by atoms with Gasteiger partial charge in [-0.3, -0.25) is 19.7 Å². The van der Waals surface area contributed by atoms with Gasteiger partial charge in [-0.25, -0.2) is 0 Å². The first-order chi connectivity index (χ1) is 15.3. The maximum Gasteiger partial charge on any atom is 0.313 e. The highest BCUT2D eigenvalue weighted by Gasteiger charge is 2.19. The van der Waals surface area contributed by atoms with Crippen LogP contribution in [0.5, 0.6) is 17.2 Å². The van der Waals surface area contributed by atoms with Crippen LogP contribution in [0, 0.1) is 10.1 Å². The Balaban J connectivity index is 1.82. The number of hydrogen-bond acceptors (Lipinski definition) is 6. The molecule has 0 atom stereocenters. The van der Waals surface area contributed by atoms with Crippen LogP contribution in [-0.2, 0) is 4.79 Å². The van der Waals surface area contributed by atoms with Gasteiger partial charge < -0.3 is 20.1 Å². The fourth-order valence-electron chi connectivity index (χ4n) is 2.81. The number of benzene rings is 3. The molecule has 9 nitrogen and oxygen atoms in total. The van der Waals surface area contributed by atoms with E-state index in [1.807, 2.05) is 0 Å². The van der Waals surface area contributed by atoms with Crippen molar-refractivity contribution in [2.75, 3.05) is 17.7 Å². The van der Waals surface area contributed by atoms with Crippen LogP contribution in [-0.4, -0.2) is 23.8 Å². The highest BCUT2D eigenvalue weighted by molar-refractivity contribution is 6.30. The Morgan fingerprint density at radius 2 is 1.62 bits per heavy atom. The van der Waals surface area contributed by atoms with Gasteiger partial charge in [0.15, 0.2) is 11.5 Å². The normalized spacial score (nSPS) is 10.2. The number of nitro benzene ring substituents is 1. The van der Waals surface area contributed by atoms with E-state index in [9.17, 15) is 19.7 Å². The lowest BCUT2D eigenvalue weighted by molar-refractivity contribution is -0.385. The van der Waals surface area contributed by atoms with Gasteiger partial charge in [-0.1, -0.05) is 17.7 Å². The summed E-state index contributed by atoms with van der Waals surface area (Å²) in [5.74, 6) is -0.289. The minimum absolute atomic E-state index is 0.0234. The summed E-state index contributed by atoms with van der Waals surface area (Å²) in [5, 5.41) is 16.8. The lowest BCUT2D eigenvalue weighted by Gasteiger charge is -2.13. The Morgan fingerprint density at radius 1 is 0.938 bits per heavy atom. The molecule has 0 aliphatic heterocycles. The molecule has 0 spiro atoms. The third kappa shape index (κ3) is 5.52. The minimum atomic E-state index is -0.607. The molecule has 0 aromatic heterocycles. The molecule has 3 aromatic rings. The number of nitro groups is 1. The van der Waals surface area contributed by atoms with Gasteiger partial charge in [-0.05, 0) is 48.5 Å². The van der Waals surface area contributed by atoms with Gasteiger partial charge >= 0.3 is 5.69 Å². The number of carbonyl (C=O) groups is 2. The molecule has 3 rings (SSSR count). The predicted molar refractivity (Wildman–Crippen MR) is 120 cm³/mol. The summed E-state index contributed by atoms with van der Waals surface area (Å²) in [6.07, 6.45) is 0. The van der Waals surface area contributed by atoms with Crippen LogP contribution in [0.2, 0.25) is 5.02 Å². The van der Waals surface area contributed by atoms with Crippen LogP contribution in [0.25, 0.3) is 0 Å². The van der Waals surface area contributed by atoms with Crippen molar-refractivity contribution in [2.45, 2.75) is 6.92 Å². The first-order valence-electron chi connectivity index (χ1n) is 9.25.